The van der Waals surface area contributed by atoms with Crippen LogP contribution in [0.3, 0.4) is 0 Å². The molecule has 214 valence electrons. The van der Waals surface area contributed by atoms with Crippen LogP contribution in [-0.4, -0.2) is 41.1 Å². The van der Waals surface area contributed by atoms with Crippen LogP contribution in [0.15, 0.2) is 89.8 Å². The summed E-state index contributed by atoms with van der Waals surface area (Å²) < 4.78 is 30.7. The topological polar surface area (TPSA) is 87.7 Å². The molecule has 0 aliphatic carbocycles. The minimum Gasteiger partial charge on any atom is -0.274 e. The first kappa shape index (κ1) is 28.2. The minimum atomic E-state index is -4.14. The molecule has 0 spiro atoms. The van der Waals surface area contributed by atoms with Crippen LogP contribution >= 0.6 is 11.3 Å². The highest BCUT2D eigenvalue weighted by Crippen LogP contribution is 2.37. The Morgan fingerprint density at radius 1 is 0.952 bits per heavy atom. The largest absolute Gasteiger partial charge is 0.274 e. The van der Waals surface area contributed by atoms with Crippen molar-refractivity contribution >= 4 is 59.9 Å². The Bertz CT molecular complexity index is 1960. The number of aryl methyl sites for hydroxylation is 1. The molecule has 4 aromatic carbocycles. The zero-order valence-electron chi connectivity index (χ0n) is 23.9. The Morgan fingerprint density at radius 3 is 2.38 bits per heavy atom. The molecule has 1 aromatic heterocycles. The number of benzene rings is 4. The van der Waals surface area contributed by atoms with Crippen molar-refractivity contribution in [2.24, 2.45) is 0 Å². The lowest BCUT2D eigenvalue weighted by molar-refractivity contribution is -0.122. The number of imide groups is 1. The molecule has 1 atom stereocenters. The first-order valence-electron chi connectivity index (χ1n) is 13.9. The standard InChI is InChI=1S/C33H31N3O4S2/c1-5-33(3,4)36(42(39,40)26-16-13-22-8-6-7-9-24(22)19-26)28-20-30(37)35(32(28)38)25-14-11-23(12-15-25)31-34-27-17-10-21(2)18-29(27)41-31/h6-19,28H,5,20H2,1-4H3. The molecule has 6 rings (SSSR count). The first-order chi connectivity index (χ1) is 20.0. The van der Waals surface area contributed by atoms with Gasteiger partial charge in [-0.2, -0.15) is 4.31 Å². The van der Waals surface area contributed by atoms with E-state index in [1.807, 2.05) is 62.4 Å². The molecule has 0 N–H and O–H groups in total. The summed E-state index contributed by atoms with van der Waals surface area (Å²) in [5.41, 5.74) is 2.45. The van der Waals surface area contributed by atoms with Crippen LogP contribution in [0.1, 0.15) is 39.2 Å². The maximum absolute atomic E-state index is 14.2. The Balaban J connectivity index is 1.33. The number of thiazole rings is 1. The Labute approximate surface area is 249 Å². The molecule has 5 aromatic rings. The van der Waals surface area contributed by atoms with Gasteiger partial charge in [-0.1, -0.05) is 43.3 Å². The number of aromatic nitrogens is 1. The van der Waals surface area contributed by atoms with Crippen molar-refractivity contribution in [2.45, 2.75) is 57.0 Å². The SMILES string of the molecule is CCC(C)(C)N(C1CC(=O)N(c2ccc(-c3nc4ccc(C)cc4s3)cc2)C1=O)S(=O)(=O)c1ccc2ccccc2c1. The molecule has 1 unspecified atom stereocenters. The normalized spacial score (nSPS) is 16.3. The number of nitrogens with zero attached hydrogens (tertiary/aromatic N) is 3. The van der Waals surface area contributed by atoms with Crippen molar-refractivity contribution in [3.8, 4) is 10.6 Å². The van der Waals surface area contributed by atoms with Gasteiger partial charge in [-0.05, 0) is 92.1 Å². The summed E-state index contributed by atoms with van der Waals surface area (Å²) in [4.78, 5) is 33.2. The Morgan fingerprint density at radius 2 is 1.67 bits per heavy atom. The summed E-state index contributed by atoms with van der Waals surface area (Å²) in [5, 5.41) is 2.54. The molecule has 1 aliphatic heterocycles. The molecule has 1 fully saturated rings. The van der Waals surface area contributed by atoms with Gasteiger partial charge < -0.3 is 0 Å². The fraction of sp³-hybridized carbons (Fsp3) is 0.242. The van der Waals surface area contributed by atoms with Crippen LogP contribution in [0.2, 0.25) is 0 Å². The predicted octanol–water partition coefficient (Wildman–Crippen LogP) is 6.94. The number of carbonyl (C=O) groups is 2. The molecule has 2 amide bonds. The second-order valence-electron chi connectivity index (χ2n) is 11.3. The van der Waals surface area contributed by atoms with Gasteiger partial charge in [0.2, 0.25) is 15.9 Å². The molecular formula is C33H31N3O4S2. The van der Waals surface area contributed by atoms with E-state index in [2.05, 4.69) is 6.07 Å². The van der Waals surface area contributed by atoms with Crippen molar-refractivity contribution in [3.05, 3.63) is 90.5 Å². The first-order valence-corrected chi connectivity index (χ1v) is 16.1. The molecule has 0 saturated carbocycles. The van der Waals surface area contributed by atoms with Gasteiger partial charge in [0.25, 0.3) is 5.91 Å². The third kappa shape index (κ3) is 4.81. The molecular weight excluding hydrogens is 567 g/mol. The lowest BCUT2D eigenvalue weighted by Crippen LogP contribution is -2.55. The maximum atomic E-state index is 14.2. The van der Waals surface area contributed by atoms with Crippen molar-refractivity contribution in [3.63, 3.8) is 0 Å². The highest BCUT2D eigenvalue weighted by molar-refractivity contribution is 7.89. The van der Waals surface area contributed by atoms with E-state index >= 15 is 0 Å². The van der Waals surface area contributed by atoms with E-state index in [0.717, 1.165) is 42.0 Å². The third-order valence-corrected chi connectivity index (χ3v) is 11.2. The highest BCUT2D eigenvalue weighted by Gasteiger charge is 2.51. The van der Waals surface area contributed by atoms with Crippen molar-refractivity contribution in [1.82, 2.24) is 9.29 Å². The summed E-state index contributed by atoms with van der Waals surface area (Å²) in [6.07, 6.45) is 0.224. The molecule has 42 heavy (non-hydrogen) atoms. The molecule has 7 nitrogen and oxygen atoms in total. The van der Waals surface area contributed by atoms with Crippen molar-refractivity contribution in [1.29, 1.82) is 0 Å². The second-order valence-corrected chi connectivity index (χ2v) is 14.1. The van der Waals surface area contributed by atoms with Crippen LogP contribution in [0.4, 0.5) is 5.69 Å². The molecule has 2 heterocycles. The Hall–Kier alpha value is -3.92. The smallest absolute Gasteiger partial charge is 0.252 e. The van der Waals surface area contributed by atoms with E-state index in [4.69, 9.17) is 4.98 Å². The molecule has 9 heteroatoms. The van der Waals surface area contributed by atoms with Crippen LogP contribution in [-0.2, 0) is 19.6 Å². The van der Waals surface area contributed by atoms with E-state index in [1.54, 1.807) is 55.5 Å². The number of hydrogen-bond donors (Lipinski definition) is 0. The number of carbonyl (C=O) groups excluding carboxylic acids is 2. The van der Waals surface area contributed by atoms with Gasteiger partial charge in [-0.3, -0.25) is 9.59 Å². The summed E-state index contributed by atoms with van der Waals surface area (Å²) in [7, 11) is -4.14. The third-order valence-electron chi connectivity index (χ3n) is 8.06. The van der Waals surface area contributed by atoms with E-state index in [0.29, 0.717) is 12.1 Å². The molecule has 0 bridgehead atoms. The number of rotatable bonds is 7. The van der Waals surface area contributed by atoms with Gasteiger partial charge in [-0.15, -0.1) is 11.3 Å². The van der Waals surface area contributed by atoms with Gasteiger partial charge in [0, 0.05) is 11.1 Å². The predicted molar refractivity (Wildman–Crippen MR) is 168 cm³/mol. The van der Waals surface area contributed by atoms with Gasteiger partial charge in [-0.25, -0.2) is 18.3 Å². The second kappa shape index (κ2) is 10.4. The Kier molecular flexibility index (Phi) is 7.00. The molecule has 1 saturated heterocycles. The fourth-order valence-electron chi connectivity index (χ4n) is 5.49. The maximum Gasteiger partial charge on any atom is 0.252 e. The van der Waals surface area contributed by atoms with Crippen molar-refractivity contribution in [2.75, 3.05) is 4.90 Å². The van der Waals surface area contributed by atoms with Crippen LogP contribution in [0, 0.1) is 6.92 Å². The quantitative estimate of drug-likeness (QED) is 0.190. The van der Waals surface area contributed by atoms with Gasteiger partial charge in [0.15, 0.2) is 0 Å². The average molecular weight is 598 g/mol. The van der Waals surface area contributed by atoms with Crippen LogP contribution < -0.4 is 4.90 Å². The fourth-order valence-corrected chi connectivity index (χ4v) is 8.58. The molecule has 0 radical (unpaired) electrons. The number of hydrogen-bond acceptors (Lipinski definition) is 6. The van der Waals surface area contributed by atoms with Gasteiger partial charge in [0.05, 0.1) is 27.2 Å². The zero-order valence-corrected chi connectivity index (χ0v) is 25.5. The highest BCUT2D eigenvalue weighted by atomic mass is 32.2. The van der Waals surface area contributed by atoms with E-state index in [9.17, 15) is 18.0 Å². The average Bonchev–Trinajstić information content (AvgIpc) is 3.52. The summed E-state index contributed by atoms with van der Waals surface area (Å²) in [6.45, 7) is 7.51. The lowest BCUT2D eigenvalue weighted by Gasteiger charge is -2.39. The number of fused-ring (bicyclic) bond motifs is 2. The van der Waals surface area contributed by atoms with E-state index in [1.165, 1.54) is 4.31 Å². The lowest BCUT2D eigenvalue weighted by atomic mass is 10.00. The zero-order chi connectivity index (χ0) is 29.8. The summed E-state index contributed by atoms with van der Waals surface area (Å²) >= 11 is 1.58. The van der Waals surface area contributed by atoms with Gasteiger partial charge >= 0.3 is 0 Å². The monoisotopic (exact) mass is 597 g/mol. The summed E-state index contributed by atoms with van der Waals surface area (Å²) in [6, 6.07) is 24.6. The van der Waals surface area contributed by atoms with Gasteiger partial charge in [0.1, 0.15) is 11.0 Å². The van der Waals surface area contributed by atoms with Crippen LogP contribution in [0.5, 0.6) is 0 Å². The molecule has 1 aliphatic rings. The van der Waals surface area contributed by atoms with Crippen LogP contribution in [0.25, 0.3) is 31.6 Å². The summed E-state index contributed by atoms with van der Waals surface area (Å²) in [5.74, 6) is -0.979. The number of anilines is 1. The number of sulfonamides is 1. The van der Waals surface area contributed by atoms with Crippen molar-refractivity contribution < 1.29 is 18.0 Å². The van der Waals surface area contributed by atoms with E-state index < -0.39 is 33.4 Å². The minimum absolute atomic E-state index is 0.0943. The van der Waals surface area contributed by atoms with E-state index in [-0.39, 0.29) is 11.3 Å². The number of amides is 2.